The summed E-state index contributed by atoms with van der Waals surface area (Å²) >= 11 is 5.87. The van der Waals surface area contributed by atoms with Gasteiger partial charge in [0.2, 0.25) is 5.91 Å². The molecule has 2 rings (SSSR count). The van der Waals surface area contributed by atoms with Crippen LogP contribution in [0.15, 0.2) is 18.2 Å². The Morgan fingerprint density at radius 1 is 1.52 bits per heavy atom. The maximum Gasteiger partial charge on any atom is 0.255 e. The van der Waals surface area contributed by atoms with Crippen molar-refractivity contribution in [2.45, 2.75) is 12.0 Å². The number of benzene rings is 1. The number of methoxy groups -OCH3 is 1. The number of halogens is 2. The third kappa shape index (κ3) is 3.99. The molecule has 1 aliphatic rings. The number of ether oxygens (including phenoxy) is 2. The highest BCUT2D eigenvalue weighted by Crippen LogP contribution is 2.26. The normalized spacial score (nSPS) is 21.3. The zero-order valence-electron chi connectivity index (χ0n) is 12.7. The third-order valence-electron chi connectivity index (χ3n) is 3.62. The summed E-state index contributed by atoms with van der Waals surface area (Å²) in [6.07, 6.45) is -0.0818. The number of hydrogen-bond donors (Lipinski definition) is 1. The summed E-state index contributed by atoms with van der Waals surface area (Å²) < 4.78 is 24.3. The number of carbonyl (C=O) groups is 2. The molecular formula is C15H18ClFN2O4. The lowest BCUT2D eigenvalue weighted by Gasteiger charge is -2.41. The molecule has 126 valence electrons. The topological polar surface area (TPSA) is 81.9 Å². The number of hydrogen-bond acceptors (Lipinski definition) is 4. The highest BCUT2D eigenvalue weighted by molar-refractivity contribution is 6.34. The van der Waals surface area contributed by atoms with E-state index in [4.69, 9.17) is 26.8 Å². The van der Waals surface area contributed by atoms with E-state index in [9.17, 15) is 14.0 Å². The van der Waals surface area contributed by atoms with Crippen molar-refractivity contribution in [2.24, 2.45) is 5.73 Å². The first-order valence-corrected chi connectivity index (χ1v) is 7.41. The molecule has 1 fully saturated rings. The first kappa shape index (κ1) is 17.7. The van der Waals surface area contributed by atoms with Crippen molar-refractivity contribution in [2.75, 3.05) is 33.4 Å². The lowest BCUT2D eigenvalue weighted by Crippen LogP contribution is -2.57. The minimum Gasteiger partial charge on any atom is -0.382 e. The minimum absolute atomic E-state index is 0.0685. The molecule has 0 aliphatic carbocycles. The van der Waals surface area contributed by atoms with E-state index in [1.807, 2.05) is 0 Å². The Morgan fingerprint density at radius 3 is 2.91 bits per heavy atom. The number of amides is 2. The SMILES string of the molecule is COCC1(CC(N)=O)CN(C(=O)c2cccc(F)c2Cl)CCO1. The van der Waals surface area contributed by atoms with Crippen LogP contribution in [-0.4, -0.2) is 55.7 Å². The van der Waals surface area contributed by atoms with Gasteiger partial charge in [-0.1, -0.05) is 17.7 Å². The Labute approximate surface area is 138 Å². The van der Waals surface area contributed by atoms with Gasteiger partial charge >= 0.3 is 0 Å². The first-order valence-electron chi connectivity index (χ1n) is 7.03. The quantitative estimate of drug-likeness (QED) is 0.870. The smallest absolute Gasteiger partial charge is 0.255 e. The van der Waals surface area contributed by atoms with Crippen LogP contribution in [0.1, 0.15) is 16.8 Å². The molecule has 0 radical (unpaired) electrons. The van der Waals surface area contributed by atoms with Crippen LogP contribution in [0, 0.1) is 5.82 Å². The Balaban J connectivity index is 2.23. The highest BCUT2D eigenvalue weighted by atomic mass is 35.5. The molecule has 2 amide bonds. The van der Waals surface area contributed by atoms with E-state index in [0.717, 1.165) is 0 Å². The molecule has 1 atom stereocenters. The summed E-state index contributed by atoms with van der Waals surface area (Å²) in [6.45, 7) is 0.733. The minimum atomic E-state index is -1.01. The molecule has 1 heterocycles. The van der Waals surface area contributed by atoms with E-state index in [0.29, 0.717) is 6.54 Å². The summed E-state index contributed by atoms with van der Waals surface area (Å²) in [5, 5.41) is -0.226. The predicted octanol–water partition coefficient (Wildman–Crippen LogP) is 1.21. The molecule has 2 N–H and O–H groups in total. The van der Waals surface area contributed by atoms with Crippen LogP contribution in [0.25, 0.3) is 0 Å². The number of morpholine rings is 1. The van der Waals surface area contributed by atoms with Gasteiger partial charge < -0.3 is 20.1 Å². The lowest BCUT2D eigenvalue weighted by molar-refractivity contribution is -0.148. The highest BCUT2D eigenvalue weighted by Gasteiger charge is 2.40. The van der Waals surface area contributed by atoms with Crippen molar-refractivity contribution in [3.63, 3.8) is 0 Å². The molecule has 0 bridgehead atoms. The molecule has 1 aromatic carbocycles. The standard InChI is InChI=1S/C15H18ClFN2O4/c1-22-9-15(7-12(18)20)8-19(5-6-23-15)14(21)10-3-2-4-11(17)13(10)16/h2-4H,5-9H2,1H3,(H2,18,20). The summed E-state index contributed by atoms with van der Waals surface area (Å²) in [4.78, 5) is 25.4. The summed E-state index contributed by atoms with van der Waals surface area (Å²) in [6, 6.07) is 4.05. The van der Waals surface area contributed by atoms with Crippen LogP contribution in [0.3, 0.4) is 0 Å². The maximum absolute atomic E-state index is 13.5. The Bertz CT molecular complexity index is 609. The number of rotatable bonds is 5. The second-order valence-corrected chi connectivity index (χ2v) is 5.81. The largest absolute Gasteiger partial charge is 0.382 e. The summed E-state index contributed by atoms with van der Waals surface area (Å²) in [7, 11) is 1.47. The zero-order chi connectivity index (χ0) is 17.0. The van der Waals surface area contributed by atoms with Crippen molar-refractivity contribution < 1.29 is 23.5 Å². The van der Waals surface area contributed by atoms with Gasteiger partial charge in [-0.2, -0.15) is 0 Å². The predicted molar refractivity (Wildman–Crippen MR) is 81.7 cm³/mol. The summed E-state index contributed by atoms with van der Waals surface area (Å²) in [5.41, 5.74) is 4.33. The number of primary amides is 1. The molecule has 23 heavy (non-hydrogen) atoms. The van der Waals surface area contributed by atoms with Crippen LogP contribution in [0.4, 0.5) is 4.39 Å². The molecule has 0 saturated carbocycles. The van der Waals surface area contributed by atoms with Gasteiger partial charge in [0.15, 0.2) is 0 Å². The van der Waals surface area contributed by atoms with E-state index in [2.05, 4.69) is 0 Å². The average molecular weight is 345 g/mol. The molecule has 1 unspecified atom stereocenters. The van der Waals surface area contributed by atoms with Crippen molar-refractivity contribution in [3.05, 3.63) is 34.6 Å². The van der Waals surface area contributed by atoms with Gasteiger partial charge in [0, 0.05) is 13.7 Å². The van der Waals surface area contributed by atoms with Gasteiger partial charge in [0.1, 0.15) is 11.4 Å². The van der Waals surface area contributed by atoms with E-state index in [1.54, 1.807) is 0 Å². The fourth-order valence-corrected chi connectivity index (χ4v) is 2.89. The van der Waals surface area contributed by atoms with Gasteiger partial charge in [-0.25, -0.2) is 4.39 Å². The third-order valence-corrected chi connectivity index (χ3v) is 4.01. The van der Waals surface area contributed by atoms with Crippen LogP contribution in [0.2, 0.25) is 5.02 Å². The van der Waals surface area contributed by atoms with Gasteiger partial charge in [0.25, 0.3) is 5.91 Å². The van der Waals surface area contributed by atoms with Crippen molar-refractivity contribution >= 4 is 23.4 Å². The van der Waals surface area contributed by atoms with Crippen LogP contribution in [-0.2, 0) is 14.3 Å². The fourth-order valence-electron chi connectivity index (χ4n) is 2.68. The second kappa shape index (κ2) is 7.25. The Hall–Kier alpha value is -1.70. The molecule has 0 spiro atoms. The number of nitrogens with two attached hydrogens (primary N) is 1. The van der Waals surface area contributed by atoms with Crippen molar-refractivity contribution in [1.29, 1.82) is 0 Å². The lowest BCUT2D eigenvalue weighted by atomic mass is 9.97. The van der Waals surface area contributed by atoms with Gasteiger partial charge in [-0.3, -0.25) is 9.59 Å². The Morgan fingerprint density at radius 2 is 2.26 bits per heavy atom. The zero-order valence-corrected chi connectivity index (χ0v) is 13.4. The van der Waals surface area contributed by atoms with Crippen molar-refractivity contribution in [1.82, 2.24) is 4.90 Å². The fraction of sp³-hybridized carbons (Fsp3) is 0.467. The molecule has 8 heteroatoms. The van der Waals surface area contributed by atoms with Crippen LogP contribution < -0.4 is 5.73 Å². The van der Waals surface area contributed by atoms with Crippen molar-refractivity contribution in [3.8, 4) is 0 Å². The molecule has 1 aliphatic heterocycles. The number of nitrogens with zero attached hydrogens (tertiary/aromatic N) is 1. The summed E-state index contributed by atoms with van der Waals surface area (Å²) in [5.74, 6) is -1.64. The van der Waals surface area contributed by atoms with E-state index >= 15 is 0 Å². The van der Waals surface area contributed by atoms with Crippen LogP contribution in [0.5, 0.6) is 0 Å². The van der Waals surface area contributed by atoms with E-state index < -0.39 is 23.2 Å². The molecule has 6 nitrogen and oxygen atoms in total. The second-order valence-electron chi connectivity index (χ2n) is 5.44. The first-order chi connectivity index (χ1) is 10.9. The maximum atomic E-state index is 13.5. The molecular weight excluding hydrogens is 327 g/mol. The monoisotopic (exact) mass is 344 g/mol. The molecule has 1 saturated heterocycles. The Kier molecular flexibility index (Phi) is 5.56. The van der Waals surface area contributed by atoms with E-state index in [1.165, 1.54) is 30.2 Å². The van der Waals surface area contributed by atoms with Gasteiger partial charge in [-0.15, -0.1) is 0 Å². The molecule has 1 aromatic rings. The molecule has 0 aromatic heterocycles. The van der Waals surface area contributed by atoms with Crippen LogP contribution >= 0.6 is 11.6 Å². The van der Waals surface area contributed by atoms with E-state index in [-0.39, 0.29) is 36.8 Å². The van der Waals surface area contributed by atoms with Gasteiger partial charge in [-0.05, 0) is 12.1 Å². The average Bonchev–Trinajstić information content (AvgIpc) is 2.49. The van der Waals surface area contributed by atoms with Gasteiger partial charge in [0.05, 0.1) is 36.8 Å². The number of carbonyl (C=O) groups excluding carboxylic acids is 2.